The van der Waals surface area contributed by atoms with Crippen molar-refractivity contribution in [2.75, 3.05) is 18.1 Å². The molecule has 0 aliphatic rings. The molecule has 0 saturated heterocycles. The molecule has 1 N–H and O–H groups in total. The summed E-state index contributed by atoms with van der Waals surface area (Å²) in [6.07, 6.45) is 1.97. The van der Waals surface area contributed by atoms with Crippen molar-refractivity contribution in [2.24, 2.45) is 0 Å². The predicted molar refractivity (Wildman–Crippen MR) is 108 cm³/mol. The molecule has 27 heavy (non-hydrogen) atoms. The van der Waals surface area contributed by atoms with Gasteiger partial charge in [-0.05, 0) is 41.5 Å². The van der Waals surface area contributed by atoms with Gasteiger partial charge in [-0.2, -0.15) is 5.26 Å². The predicted octanol–water partition coefficient (Wildman–Crippen LogP) is 3.97. The first-order valence-corrected chi connectivity index (χ1v) is 10.8. The second-order valence-corrected chi connectivity index (χ2v) is 8.95. The topological polar surface area (TPSA) is 87.0 Å². The van der Waals surface area contributed by atoms with Gasteiger partial charge >= 0.3 is 0 Å². The number of aldehydes is 1. The lowest BCUT2D eigenvalue weighted by Gasteiger charge is -2.07. The molecule has 0 amide bonds. The Morgan fingerprint density at radius 1 is 1.07 bits per heavy atom. The highest BCUT2D eigenvalue weighted by molar-refractivity contribution is 7.90. The van der Waals surface area contributed by atoms with Crippen molar-refractivity contribution in [3.63, 3.8) is 0 Å². The van der Waals surface area contributed by atoms with E-state index in [4.69, 9.17) is 0 Å². The van der Waals surface area contributed by atoms with Crippen molar-refractivity contribution in [3.8, 4) is 27.6 Å². The van der Waals surface area contributed by atoms with Crippen LogP contribution in [0.5, 0.6) is 0 Å². The van der Waals surface area contributed by atoms with E-state index in [9.17, 15) is 18.5 Å². The van der Waals surface area contributed by atoms with Crippen LogP contribution < -0.4 is 5.32 Å². The van der Waals surface area contributed by atoms with E-state index >= 15 is 0 Å². The molecule has 136 valence electrons. The highest BCUT2D eigenvalue weighted by Crippen LogP contribution is 2.39. The quantitative estimate of drug-likeness (QED) is 0.637. The number of nitrogens with one attached hydrogen (secondary N) is 1. The summed E-state index contributed by atoms with van der Waals surface area (Å²) in [6.45, 7) is 0.245. The van der Waals surface area contributed by atoms with Crippen LogP contribution in [0.2, 0.25) is 0 Å². The summed E-state index contributed by atoms with van der Waals surface area (Å²) in [7, 11) is -3.26. The molecule has 5 nitrogen and oxygen atoms in total. The zero-order chi connectivity index (χ0) is 19.4. The van der Waals surface area contributed by atoms with Crippen molar-refractivity contribution >= 4 is 33.1 Å². The van der Waals surface area contributed by atoms with Crippen LogP contribution >= 0.6 is 11.3 Å². The van der Waals surface area contributed by atoms with E-state index in [0.29, 0.717) is 4.88 Å². The van der Waals surface area contributed by atoms with Crippen molar-refractivity contribution in [3.05, 3.63) is 59.5 Å². The minimum Gasteiger partial charge on any atom is -0.378 e. The molecule has 1 heterocycles. The zero-order valence-electron chi connectivity index (χ0n) is 14.5. The molecule has 0 saturated carbocycles. The Kier molecular flexibility index (Phi) is 5.40. The van der Waals surface area contributed by atoms with Gasteiger partial charge in [0.2, 0.25) is 0 Å². The van der Waals surface area contributed by atoms with E-state index in [1.54, 1.807) is 24.3 Å². The number of anilines is 1. The largest absolute Gasteiger partial charge is 0.378 e. The highest BCUT2D eigenvalue weighted by Gasteiger charge is 2.14. The summed E-state index contributed by atoms with van der Waals surface area (Å²) >= 11 is 1.38. The van der Waals surface area contributed by atoms with Crippen LogP contribution in [0.3, 0.4) is 0 Å². The molecular formula is C20H16N2O3S2. The van der Waals surface area contributed by atoms with Crippen molar-refractivity contribution in [1.82, 2.24) is 0 Å². The average molecular weight is 396 g/mol. The SMILES string of the molecule is CS(=O)(=O)c1ccc(-c2cc(C#N)sc2-c2ccc(NCC=O)cc2)cc1. The maximum absolute atomic E-state index is 11.7. The fraction of sp³-hybridized carbons (Fsp3) is 0.100. The number of benzene rings is 2. The van der Waals surface area contributed by atoms with Gasteiger partial charge in [-0.25, -0.2) is 8.42 Å². The molecular weight excluding hydrogens is 380 g/mol. The van der Waals surface area contributed by atoms with E-state index in [1.165, 1.54) is 17.6 Å². The highest BCUT2D eigenvalue weighted by atomic mass is 32.2. The molecule has 0 radical (unpaired) electrons. The molecule has 0 spiro atoms. The number of nitriles is 1. The van der Waals surface area contributed by atoms with Gasteiger partial charge < -0.3 is 10.1 Å². The van der Waals surface area contributed by atoms with Crippen LogP contribution in [0.25, 0.3) is 21.6 Å². The van der Waals surface area contributed by atoms with E-state index in [2.05, 4.69) is 11.4 Å². The molecule has 7 heteroatoms. The van der Waals surface area contributed by atoms with Gasteiger partial charge in [-0.3, -0.25) is 0 Å². The second kappa shape index (κ2) is 7.74. The van der Waals surface area contributed by atoms with Gasteiger partial charge in [-0.1, -0.05) is 24.3 Å². The summed E-state index contributed by atoms with van der Waals surface area (Å²) in [4.78, 5) is 12.2. The minimum absolute atomic E-state index is 0.245. The Labute approximate surface area is 161 Å². The second-order valence-electron chi connectivity index (χ2n) is 5.89. The van der Waals surface area contributed by atoms with E-state index in [1.807, 2.05) is 30.3 Å². The fourth-order valence-electron chi connectivity index (χ4n) is 2.66. The number of rotatable bonds is 6. The van der Waals surface area contributed by atoms with E-state index in [-0.39, 0.29) is 11.4 Å². The summed E-state index contributed by atoms with van der Waals surface area (Å²) in [6, 6.07) is 18.2. The number of carbonyl (C=O) groups excluding carboxylic acids is 1. The first-order chi connectivity index (χ1) is 12.9. The molecule has 2 aromatic carbocycles. The van der Waals surface area contributed by atoms with Crippen molar-refractivity contribution in [2.45, 2.75) is 4.90 Å². The standard InChI is InChI=1S/C20H16N2O3S2/c1-27(24,25)18-8-4-14(5-9-18)19-12-17(13-21)26-20(19)15-2-6-16(7-3-15)22-10-11-23/h2-9,11-12,22H,10H2,1H3. The number of hydrogen-bond donors (Lipinski definition) is 1. The molecule has 0 unspecified atom stereocenters. The molecule has 0 aliphatic heterocycles. The molecule has 3 rings (SSSR count). The van der Waals surface area contributed by atoms with Crippen LogP contribution in [0, 0.1) is 11.3 Å². The summed E-state index contributed by atoms with van der Waals surface area (Å²) in [5.74, 6) is 0. The lowest BCUT2D eigenvalue weighted by atomic mass is 10.0. The third-order valence-corrected chi connectivity index (χ3v) is 6.19. The Bertz CT molecular complexity index is 1110. The summed E-state index contributed by atoms with van der Waals surface area (Å²) < 4.78 is 23.3. The Balaban J connectivity index is 2.01. The number of thiophene rings is 1. The Hall–Kier alpha value is -2.95. The summed E-state index contributed by atoms with van der Waals surface area (Å²) in [5, 5.41) is 12.3. The van der Waals surface area contributed by atoms with Gasteiger partial charge in [0, 0.05) is 22.4 Å². The Morgan fingerprint density at radius 2 is 1.70 bits per heavy atom. The van der Waals surface area contributed by atoms with Crippen LogP contribution in [0.15, 0.2) is 59.5 Å². The molecule has 0 fully saturated rings. The van der Waals surface area contributed by atoms with Gasteiger partial charge in [0.1, 0.15) is 17.2 Å². The molecule has 0 bridgehead atoms. The average Bonchev–Trinajstić information content (AvgIpc) is 3.11. The maximum Gasteiger partial charge on any atom is 0.175 e. The van der Waals surface area contributed by atoms with Crippen molar-refractivity contribution in [1.29, 1.82) is 5.26 Å². The maximum atomic E-state index is 11.7. The smallest absolute Gasteiger partial charge is 0.175 e. The van der Waals surface area contributed by atoms with Crippen LogP contribution in [-0.4, -0.2) is 27.5 Å². The van der Waals surface area contributed by atoms with Gasteiger partial charge in [0.05, 0.1) is 11.4 Å². The fourth-order valence-corrected chi connectivity index (χ4v) is 4.27. The molecule has 0 atom stereocenters. The third-order valence-electron chi connectivity index (χ3n) is 3.97. The van der Waals surface area contributed by atoms with E-state index in [0.717, 1.165) is 33.5 Å². The van der Waals surface area contributed by atoms with Crippen molar-refractivity contribution < 1.29 is 13.2 Å². The van der Waals surface area contributed by atoms with E-state index < -0.39 is 9.84 Å². The molecule has 3 aromatic rings. The lowest BCUT2D eigenvalue weighted by Crippen LogP contribution is -2.01. The minimum atomic E-state index is -3.26. The number of nitrogens with zero attached hydrogens (tertiary/aromatic N) is 1. The normalized spacial score (nSPS) is 11.0. The summed E-state index contributed by atoms with van der Waals surface area (Å²) in [5.41, 5.74) is 3.51. The van der Waals surface area contributed by atoms with Crippen LogP contribution in [0.4, 0.5) is 5.69 Å². The zero-order valence-corrected chi connectivity index (χ0v) is 16.1. The molecule has 0 aliphatic carbocycles. The van der Waals surface area contributed by atoms with Crippen LogP contribution in [-0.2, 0) is 14.6 Å². The first-order valence-electron chi connectivity index (χ1n) is 8.05. The number of hydrogen-bond acceptors (Lipinski definition) is 6. The van der Waals surface area contributed by atoms with Gasteiger partial charge in [-0.15, -0.1) is 11.3 Å². The lowest BCUT2D eigenvalue weighted by molar-refractivity contribution is -0.106. The van der Waals surface area contributed by atoms with Gasteiger partial charge in [0.15, 0.2) is 9.84 Å². The van der Waals surface area contributed by atoms with Gasteiger partial charge in [0.25, 0.3) is 0 Å². The Morgan fingerprint density at radius 3 is 2.26 bits per heavy atom. The number of sulfone groups is 1. The monoisotopic (exact) mass is 396 g/mol. The molecule has 1 aromatic heterocycles. The first kappa shape index (κ1) is 18.8. The number of carbonyl (C=O) groups is 1. The third kappa shape index (κ3) is 4.25. The van der Waals surface area contributed by atoms with Crippen LogP contribution in [0.1, 0.15) is 4.88 Å².